The monoisotopic (exact) mass is 353 g/mol. The van der Waals surface area contributed by atoms with Crippen LogP contribution in [0, 0.1) is 0 Å². The van der Waals surface area contributed by atoms with Crippen molar-refractivity contribution >= 4 is 23.2 Å². The van der Waals surface area contributed by atoms with E-state index in [1.54, 1.807) is 12.1 Å². The molecule has 2 rings (SSSR count). The summed E-state index contributed by atoms with van der Waals surface area (Å²) in [5.41, 5.74) is 1.88. The first-order valence-corrected chi connectivity index (χ1v) is 8.38. The summed E-state index contributed by atoms with van der Waals surface area (Å²) in [4.78, 5) is 0. The number of rotatable bonds is 8. The van der Waals surface area contributed by atoms with Crippen LogP contribution in [-0.2, 0) is 13.2 Å². The topological polar surface area (TPSA) is 41.5 Å². The summed E-state index contributed by atoms with van der Waals surface area (Å²) in [5.74, 6) is 0.761. The van der Waals surface area contributed by atoms with Crippen LogP contribution in [-0.4, -0.2) is 17.8 Å². The smallest absolute Gasteiger partial charge is 0.120 e. The van der Waals surface area contributed by atoms with E-state index in [-0.39, 0.29) is 12.6 Å². The first-order chi connectivity index (χ1) is 11.1. The third-order valence-electron chi connectivity index (χ3n) is 3.65. The van der Waals surface area contributed by atoms with E-state index in [0.717, 1.165) is 23.3 Å². The fourth-order valence-electron chi connectivity index (χ4n) is 2.17. The third-order valence-corrected chi connectivity index (χ3v) is 4.36. The van der Waals surface area contributed by atoms with Gasteiger partial charge in [-0.3, -0.25) is 0 Å². The molecule has 23 heavy (non-hydrogen) atoms. The zero-order valence-electron chi connectivity index (χ0n) is 13.1. The number of nitrogens with one attached hydrogen (secondary N) is 1. The first-order valence-electron chi connectivity index (χ1n) is 7.63. The van der Waals surface area contributed by atoms with E-state index in [9.17, 15) is 5.11 Å². The predicted molar refractivity (Wildman–Crippen MR) is 95.2 cm³/mol. The Labute approximate surface area is 147 Å². The summed E-state index contributed by atoms with van der Waals surface area (Å²) in [7, 11) is 0. The number of halogens is 2. The molecule has 1 atom stereocenters. The summed E-state index contributed by atoms with van der Waals surface area (Å²) < 4.78 is 5.81. The molecule has 2 N–H and O–H groups in total. The van der Waals surface area contributed by atoms with Gasteiger partial charge < -0.3 is 15.2 Å². The minimum Gasteiger partial charge on any atom is -0.489 e. The Bertz CT molecular complexity index is 610. The lowest BCUT2D eigenvalue weighted by Gasteiger charge is -2.15. The van der Waals surface area contributed by atoms with Crippen LogP contribution >= 0.6 is 23.2 Å². The molecule has 0 saturated carbocycles. The Morgan fingerprint density at radius 1 is 1.13 bits per heavy atom. The van der Waals surface area contributed by atoms with Crippen molar-refractivity contribution < 1.29 is 9.84 Å². The molecule has 3 nitrogen and oxygen atoms in total. The van der Waals surface area contributed by atoms with E-state index in [0.29, 0.717) is 23.2 Å². The molecule has 2 aromatic carbocycles. The first kappa shape index (κ1) is 18.1. The van der Waals surface area contributed by atoms with Crippen LogP contribution < -0.4 is 10.1 Å². The lowest BCUT2D eigenvalue weighted by Crippen LogP contribution is -2.31. The number of ether oxygens (including phenoxy) is 1. The average Bonchev–Trinajstić information content (AvgIpc) is 2.56. The van der Waals surface area contributed by atoms with Gasteiger partial charge in [0.05, 0.1) is 6.61 Å². The van der Waals surface area contributed by atoms with E-state index in [1.165, 1.54) is 0 Å². The maximum Gasteiger partial charge on any atom is 0.120 e. The van der Waals surface area contributed by atoms with Crippen molar-refractivity contribution in [2.45, 2.75) is 32.5 Å². The molecule has 0 radical (unpaired) electrons. The Morgan fingerprint density at radius 3 is 2.48 bits per heavy atom. The number of aliphatic hydroxyl groups is 1. The maximum atomic E-state index is 9.21. The summed E-state index contributed by atoms with van der Waals surface area (Å²) in [6, 6.07) is 13.4. The molecule has 0 heterocycles. The second-order valence-corrected chi connectivity index (χ2v) is 6.12. The van der Waals surface area contributed by atoms with Crippen molar-refractivity contribution in [3.05, 3.63) is 63.6 Å². The highest BCUT2D eigenvalue weighted by Crippen LogP contribution is 2.26. The van der Waals surface area contributed by atoms with Crippen LogP contribution in [0.25, 0.3) is 0 Å². The molecule has 0 unspecified atom stereocenters. The molecule has 124 valence electrons. The molecule has 0 saturated heterocycles. The van der Waals surface area contributed by atoms with Gasteiger partial charge in [-0.2, -0.15) is 0 Å². The molecule has 0 bridgehead atoms. The molecule has 0 aliphatic heterocycles. The zero-order chi connectivity index (χ0) is 16.7. The van der Waals surface area contributed by atoms with Gasteiger partial charge in [0.15, 0.2) is 0 Å². The summed E-state index contributed by atoms with van der Waals surface area (Å²) in [6.07, 6.45) is 0.887. The van der Waals surface area contributed by atoms with Crippen LogP contribution in [0.4, 0.5) is 0 Å². The van der Waals surface area contributed by atoms with Gasteiger partial charge in [0.2, 0.25) is 0 Å². The summed E-state index contributed by atoms with van der Waals surface area (Å²) in [6.45, 7) is 3.19. The van der Waals surface area contributed by atoms with Crippen molar-refractivity contribution in [3.8, 4) is 5.75 Å². The van der Waals surface area contributed by atoms with Crippen LogP contribution in [0.5, 0.6) is 5.75 Å². The molecule has 0 aliphatic rings. The Morgan fingerprint density at radius 2 is 1.83 bits per heavy atom. The molecular weight excluding hydrogens is 333 g/mol. The van der Waals surface area contributed by atoms with Gasteiger partial charge in [0.1, 0.15) is 12.4 Å². The van der Waals surface area contributed by atoms with E-state index in [2.05, 4.69) is 5.32 Å². The van der Waals surface area contributed by atoms with Crippen LogP contribution in [0.3, 0.4) is 0 Å². The molecule has 0 aliphatic carbocycles. The van der Waals surface area contributed by atoms with Gasteiger partial charge in [-0.1, -0.05) is 48.3 Å². The minimum atomic E-state index is 0.113. The Hall–Kier alpha value is -1.26. The van der Waals surface area contributed by atoms with E-state index in [1.807, 2.05) is 37.3 Å². The normalized spacial score (nSPS) is 12.2. The van der Waals surface area contributed by atoms with Crippen molar-refractivity contribution in [1.29, 1.82) is 0 Å². The van der Waals surface area contributed by atoms with Gasteiger partial charge in [-0.15, -0.1) is 0 Å². The zero-order valence-corrected chi connectivity index (χ0v) is 14.6. The summed E-state index contributed by atoms with van der Waals surface area (Å²) in [5, 5.41) is 13.7. The van der Waals surface area contributed by atoms with Gasteiger partial charge in [0, 0.05) is 28.2 Å². The fourth-order valence-corrected chi connectivity index (χ4v) is 2.68. The van der Waals surface area contributed by atoms with E-state index >= 15 is 0 Å². The van der Waals surface area contributed by atoms with Crippen LogP contribution in [0.15, 0.2) is 42.5 Å². The van der Waals surface area contributed by atoms with Crippen LogP contribution in [0.1, 0.15) is 24.5 Å². The highest BCUT2D eigenvalue weighted by molar-refractivity contribution is 6.35. The molecular formula is C18H21Cl2NO2. The third kappa shape index (κ3) is 5.40. The fraction of sp³-hybridized carbons (Fsp3) is 0.333. The molecule has 0 amide bonds. The summed E-state index contributed by atoms with van der Waals surface area (Å²) >= 11 is 12.3. The standard InChI is InChI=1S/C18H21Cl2NO2/c1-2-14(11-22)21-10-13-5-3-6-15(9-13)23-12-16-17(19)7-4-8-18(16)20/h3-9,14,21-22H,2,10-12H2,1H3/t14-/m0/s1. The largest absolute Gasteiger partial charge is 0.489 e. The molecule has 0 spiro atoms. The lowest BCUT2D eigenvalue weighted by molar-refractivity contribution is 0.238. The molecule has 0 fully saturated rings. The average molecular weight is 354 g/mol. The second kappa shape index (κ2) is 9.14. The molecule has 2 aromatic rings. The SMILES string of the molecule is CC[C@@H](CO)NCc1cccc(OCc2c(Cl)cccc2Cl)c1. The maximum absolute atomic E-state index is 9.21. The molecule has 5 heteroatoms. The van der Waals surface area contributed by atoms with Crippen molar-refractivity contribution in [3.63, 3.8) is 0 Å². The van der Waals surface area contributed by atoms with Crippen molar-refractivity contribution in [2.75, 3.05) is 6.61 Å². The van der Waals surface area contributed by atoms with Gasteiger partial charge >= 0.3 is 0 Å². The molecule has 0 aromatic heterocycles. The van der Waals surface area contributed by atoms with E-state index < -0.39 is 0 Å². The van der Waals surface area contributed by atoms with Crippen molar-refractivity contribution in [1.82, 2.24) is 5.32 Å². The minimum absolute atomic E-state index is 0.113. The number of benzene rings is 2. The van der Waals surface area contributed by atoms with E-state index in [4.69, 9.17) is 27.9 Å². The van der Waals surface area contributed by atoms with Crippen LogP contribution in [0.2, 0.25) is 10.0 Å². The number of hydrogen-bond acceptors (Lipinski definition) is 3. The predicted octanol–water partition coefficient (Wildman–Crippen LogP) is 4.43. The quantitative estimate of drug-likeness (QED) is 0.737. The Balaban J connectivity index is 1.97. The second-order valence-electron chi connectivity index (χ2n) is 5.30. The highest BCUT2D eigenvalue weighted by Gasteiger charge is 2.07. The highest BCUT2D eigenvalue weighted by atomic mass is 35.5. The van der Waals surface area contributed by atoms with Gasteiger partial charge in [0.25, 0.3) is 0 Å². The number of hydrogen-bond donors (Lipinski definition) is 2. The van der Waals surface area contributed by atoms with Gasteiger partial charge in [-0.25, -0.2) is 0 Å². The van der Waals surface area contributed by atoms with Crippen molar-refractivity contribution in [2.24, 2.45) is 0 Å². The van der Waals surface area contributed by atoms with Gasteiger partial charge in [-0.05, 0) is 36.2 Å². The Kier molecular flexibility index (Phi) is 7.18. The lowest BCUT2D eigenvalue weighted by atomic mass is 10.2. The number of aliphatic hydroxyl groups excluding tert-OH is 1.